The molecule has 1 aliphatic rings. The largest absolute Gasteiger partial charge is 0.368 e. The Bertz CT molecular complexity index is 537. The van der Waals surface area contributed by atoms with E-state index in [9.17, 15) is 0 Å². The zero-order valence-corrected chi connectivity index (χ0v) is 11.3. The molecule has 0 aliphatic carbocycles. The van der Waals surface area contributed by atoms with Gasteiger partial charge in [-0.25, -0.2) is 9.97 Å². The standard InChI is InChI=1S/C15H19N5/c1-2-5-12(6-3-1)20-15-9-14(18-11-19-15)17-10-13-7-4-8-16-13/h1-3,5-6,9,11,13,16H,4,7-8,10H2,(H2,17,18,19,20). The summed E-state index contributed by atoms with van der Waals surface area (Å²) >= 11 is 0. The molecule has 1 fully saturated rings. The molecule has 1 aromatic carbocycles. The summed E-state index contributed by atoms with van der Waals surface area (Å²) < 4.78 is 0. The Morgan fingerprint density at radius 1 is 1.15 bits per heavy atom. The van der Waals surface area contributed by atoms with Crippen molar-refractivity contribution in [3.63, 3.8) is 0 Å². The SMILES string of the molecule is c1ccc(Nc2cc(NCC3CCCN3)ncn2)cc1. The van der Waals surface area contributed by atoms with Crippen molar-refractivity contribution in [3.8, 4) is 0 Å². The fourth-order valence-corrected chi connectivity index (χ4v) is 2.35. The molecule has 5 heteroatoms. The molecule has 1 unspecified atom stereocenters. The Hall–Kier alpha value is -2.14. The van der Waals surface area contributed by atoms with Crippen molar-refractivity contribution in [1.29, 1.82) is 0 Å². The lowest BCUT2D eigenvalue weighted by molar-refractivity contribution is 0.632. The van der Waals surface area contributed by atoms with Gasteiger partial charge in [0.25, 0.3) is 0 Å². The average Bonchev–Trinajstić information content (AvgIpc) is 3.00. The second-order valence-electron chi connectivity index (χ2n) is 4.95. The van der Waals surface area contributed by atoms with Crippen LogP contribution in [0.1, 0.15) is 12.8 Å². The van der Waals surface area contributed by atoms with E-state index in [2.05, 4.69) is 25.9 Å². The number of hydrogen-bond acceptors (Lipinski definition) is 5. The quantitative estimate of drug-likeness (QED) is 0.778. The third kappa shape index (κ3) is 3.45. The topological polar surface area (TPSA) is 61.9 Å². The van der Waals surface area contributed by atoms with E-state index in [-0.39, 0.29) is 0 Å². The highest BCUT2D eigenvalue weighted by molar-refractivity contribution is 5.58. The molecule has 104 valence electrons. The molecular weight excluding hydrogens is 250 g/mol. The predicted octanol–water partition coefficient (Wildman–Crippen LogP) is 2.38. The minimum atomic E-state index is 0.551. The number of nitrogens with zero attached hydrogens (tertiary/aromatic N) is 2. The molecule has 5 nitrogen and oxygen atoms in total. The lowest BCUT2D eigenvalue weighted by Gasteiger charge is -2.12. The summed E-state index contributed by atoms with van der Waals surface area (Å²) in [5.41, 5.74) is 1.02. The maximum atomic E-state index is 4.25. The number of nitrogens with one attached hydrogen (secondary N) is 3. The summed E-state index contributed by atoms with van der Waals surface area (Å²) in [4.78, 5) is 8.49. The van der Waals surface area contributed by atoms with Crippen molar-refractivity contribution in [2.24, 2.45) is 0 Å². The van der Waals surface area contributed by atoms with Crippen LogP contribution in [-0.4, -0.2) is 29.1 Å². The summed E-state index contributed by atoms with van der Waals surface area (Å²) in [6, 6.07) is 12.5. The first-order chi connectivity index (χ1) is 9.90. The molecular formula is C15H19N5. The molecule has 1 aromatic heterocycles. The number of rotatable bonds is 5. The summed E-state index contributed by atoms with van der Waals surface area (Å²) in [5.74, 6) is 1.65. The molecule has 20 heavy (non-hydrogen) atoms. The molecule has 1 aliphatic heterocycles. The maximum absolute atomic E-state index is 4.25. The van der Waals surface area contributed by atoms with E-state index >= 15 is 0 Å². The van der Waals surface area contributed by atoms with Crippen molar-refractivity contribution in [2.45, 2.75) is 18.9 Å². The Morgan fingerprint density at radius 2 is 2.00 bits per heavy atom. The first-order valence-electron chi connectivity index (χ1n) is 7.01. The van der Waals surface area contributed by atoms with Gasteiger partial charge in [-0.15, -0.1) is 0 Å². The summed E-state index contributed by atoms with van der Waals surface area (Å²) in [6.07, 6.45) is 4.07. The minimum absolute atomic E-state index is 0.551. The first-order valence-corrected chi connectivity index (χ1v) is 7.01. The molecule has 3 rings (SSSR count). The highest BCUT2D eigenvalue weighted by Crippen LogP contribution is 2.16. The van der Waals surface area contributed by atoms with E-state index in [1.54, 1.807) is 6.33 Å². The molecule has 0 radical (unpaired) electrons. The molecule has 0 saturated carbocycles. The molecule has 0 spiro atoms. The van der Waals surface area contributed by atoms with Crippen molar-refractivity contribution < 1.29 is 0 Å². The summed E-state index contributed by atoms with van der Waals surface area (Å²) in [6.45, 7) is 2.03. The van der Waals surface area contributed by atoms with Gasteiger partial charge in [-0.05, 0) is 31.5 Å². The predicted molar refractivity (Wildman–Crippen MR) is 81.3 cm³/mol. The number of aromatic nitrogens is 2. The molecule has 0 bridgehead atoms. The first kappa shape index (κ1) is 12.9. The third-order valence-corrected chi connectivity index (χ3v) is 3.41. The highest BCUT2D eigenvalue weighted by atomic mass is 15.1. The number of anilines is 3. The Labute approximate surface area is 118 Å². The van der Waals surface area contributed by atoms with Gasteiger partial charge in [-0.3, -0.25) is 0 Å². The van der Waals surface area contributed by atoms with E-state index in [4.69, 9.17) is 0 Å². The Balaban J connectivity index is 1.60. The van der Waals surface area contributed by atoms with Gasteiger partial charge in [0.05, 0.1) is 0 Å². The fourth-order valence-electron chi connectivity index (χ4n) is 2.35. The summed E-state index contributed by atoms with van der Waals surface area (Å²) in [7, 11) is 0. The van der Waals surface area contributed by atoms with Crippen LogP contribution < -0.4 is 16.0 Å². The van der Waals surface area contributed by atoms with Crippen LogP contribution in [0.5, 0.6) is 0 Å². The van der Waals surface area contributed by atoms with Crippen LogP contribution in [0.25, 0.3) is 0 Å². The van der Waals surface area contributed by atoms with Gasteiger partial charge in [0, 0.05) is 24.3 Å². The second kappa shape index (κ2) is 6.34. The number of benzene rings is 1. The van der Waals surface area contributed by atoms with Crippen molar-refractivity contribution in [1.82, 2.24) is 15.3 Å². The zero-order chi connectivity index (χ0) is 13.6. The lowest BCUT2D eigenvalue weighted by atomic mass is 10.2. The van der Waals surface area contributed by atoms with Gasteiger partial charge in [0.15, 0.2) is 0 Å². The highest BCUT2D eigenvalue weighted by Gasteiger charge is 2.13. The van der Waals surface area contributed by atoms with Gasteiger partial charge in [-0.2, -0.15) is 0 Å². The van der Waals surface area contributed by atoms with Crippen molar-refractivity contribution in [3.05, 3.63) is 42.7 Å². The fraction of sp³-hybridized carbons (Fsp3) is 0.333. The molecule has 1 atom stereocenters. The molecule has 2 heterocycles. The van der Waals surface area contributed by atoms with Gasteiger partial charge in [0.2, 0.25) is 0 Å². The van der Waals surface area contributed by atoms with Crippen LogP contribution in [0.15, 0.2) is 42.7 Å². The van der Waals surface area contributed by atoms with Crippen LogP contribution in [0.4, 0.5) is 17.3 Å². The normalized spacial score (nSPS) is 17.9. The smallest absolute Gasteiger partial charge is 0.135 e. The van der Waals surface area contributed by atoms with Crippen LogP contribution in [0, 0.1) is 0 Å². The van der Waals surface area contributed by atoms with Gasteiger partial charge in [-0.1, -0.05) is 18.2 Å². The van der Waals surface area contributed by atoms with E-state index < -0.39 is 0 Å². The lowest BCUT2D eigenvalue weighted by Crippen LogP contribution is -2.29. The third-order valence-electron chi connectivity index (χ3n) is 3.41. The van der Waals surface area contributed by atoms with Crippen LogP contribution in [0.2, 0.25) is 0 Å². The van der Waals surface area contributed by atoms with Crippen LogP contribution >= 0.6 is 0 Å². The van der Waals surface area contributed by atoms with Crippen LogP contribution in [0.3, 0.4) is 0 Å². The Kier molecular flexibility index (Phi) is 4.08. The average molecular weight is 269 g/mol. The van der Waals surface area contributed by atoms with E-state index in [0.29, 0.717) is 6.04 Å². The van der Waals surface area contributed by atoms with Gasteiger partial charge in [0.1, 0.15) is 18.0 Å². The maximum Gasteiger partial charge on any atom is 0.135 e. The Morgan fingerprint density at radius 3 is 2.80 bits per heavy atom. The van der Waals surface area contributed by atoms with Crippen molar-refractivity contribution >= 4 is 17.3 Å². The van der Waals surface area contributed by atoms with Crippen LogP contribution in [-0.2, 0) is 0 Å². The van der Waals surface area contributed by atoms with Crippen molar-refractivity contribution in [2.75, 3.05) is 23.7 Å². The second-order valence-corrected chi connectivity index (χ2v) is 4.95. The van der Waals surface area contributed by atoms with E-state index in [1.807, 2.05) is 36.4 Å². The molecule has 0 amide bonds. The molecule has 1 saturated heterocycles. The van der Waals surface area contributed by atoms with Gasteiger partial charge >= 0.3 is 0 Å². The monoisotopic (exact) mass is 269 g/mol. The molecule has 2 aromatic rings. The number of para-hydroxylation sites is 1. The number of hydrogen-bond donors (Lipinski definition) is 3. The van der Waals surface area contributed by atoms with E-state index in [0.717, 1.165) is 30.4 Å². The summed E-state index contributed by atoms with van der Waals surface area (Å²) in [5, 5.41) is 10.1. The minimum Gasteiger partial charge on any atom is -0.368 e. The van der Waals surface area contributed by atoms with Gasteiger partial charge < -0.3 is 16.0 Å². The zero-order valence-electron chi connectivity index (χ0n) is 11.3. The van der Waals surface area contributed by atoms with E-state index in [1.165, 1.54) is 12.8 Å². The molecule has 3 N–H and O–H groups in total.